The van der Waals surface area contributed by atoms with Crippen LogP contribution in [0.1, 0.15) is 50.6 Å². The Bertz CT molecular complexity index is 526. The molecule has 1 aliphatic rings. The summed E-state index contributed by atoms with van der Waals surface area (Å²) in [5.74, 6) is 0.691. The minimum absolute atomic E-state index is 0.691. The highest BCUT2D eigenvalue weighted by Gasteiger charge is 2.20. The van der Waals surface area contributed by atoms with Crippen molar-refractivity contribution in [3.05, 3.63) is 23.2 Å². The van der Waals surface area contributed by atoms with E-state index in [2.05, 4.69) is 29.8 Å². The lowest BCUT2D eigenvalue weighted by atomic mass is 10.0. The van der Waals surface area contributed by atoms with Gasteiger partial charge in [0.15, 0.2) is 0 Å². The van der Waals surface area contributed by atoms with Crippen LogP contribution in [0.2, 0.25) is 0 Å². The predicted molar refractivity (Wildman–Crippen MR) is 79.6 cm³/mol. The SMILES string of the molecule is CCCNc1cc(C2CCCC2)nc2ccsc12. The summed E-state index contributed by atoms with van der Waals surface area (Å²) in [5, 5.41) is 5.70. The fourth-order valence-corrected chi connectivity index (χ4v) is 3.62. The summed E-state index contributed by atoms with van der Waals surface area (Å²) in [7, 11) is 0. The maximum absolute atomic E-state index is 4.86. The molecule has 0 spiro atoms. The molecule has 0 aliphatic heterocycles. The van der Waals surface area contributed by atoms with Gasteiger partial charge in [-0.15, -0.1) is 11.3 Å². The summed E-state index contributed by atoms with van der Waals surface area (Å²) >= 11 is 1.79. The molecule has 2 aromatic rings. The zero-order valence-corrected chi connectivity index (χ0v) is 11.7. The van der Waals surface area contributed by atoms with Crippen LogP contribution in [0.25, 0.3) is 10.2 Å². The van der Waals surface area contributed by atoms with Crippen LogP contribution in [-0.2, 0) is 0 Å². The Kier molecular flexibility index (Phi) is 3.50. The summed E-state index contributed by atoms with van der Waals surface area (Å²) < 4.78 is 1.31. The van der Waals surface area contributed by atoms with Gasteiger partial charge in [-0.3, -0.25) is 4.98 Å². The number of anilines is 1. The lowest BCUT2D eigenvalue weighted by molar-refractivity contribution is 0.701. The first-order valence-corrected chi connectivity index (χ1v) is 7.88. The van der Waals surface area contributed by atoms with Gasteiger partial charge in [0.05, 0.1) is 15.9 Å². The van der Waals surface area contributed by atoms with Gasteiger partial charge in [-0.1, -0.05) is 19.8 Å². The van der Waals surface area contributed by atoms with E-state index in [1.165, 1.54) is 47.3 Å². The van der Waals surface area contributed by atoms with Crippen molar-refractivity contribution in [2.45, 2.75) is 44.9 Å². The first-order valence-electron chi connectivity index (χ1n) is 7.00. The van der Waals surface area contributed by atoms with Crippen LogP contribution in [0.3, 0.4) is 0 Å². The molecule has 2 aromatic heterocycles. The Hall–Kier alpha value is -1.09. The van der Waals surface area contributed by atoms with Gasteiger partial charge < -0.3 is 5.32 Å². The fourth-order valence-electron chi connectivity index (χ4n) is 2.80. The Morgan fingerprint density at radius 2 is 2.22 bits per heavy atom. The number of fused-ring (bicyclic) bond motifs is 1. The third-order valence-corrected chi connectivity index (χ3v) is 4.71. The van der Waals surface area contributed by atoms with E-state index in [1.807, 2.05) is 0 Å². The number of pyridine rings is 1. The lowest BCUT2D eigenvalue weighted by Gasteiger charge is -2.12. The first-order chi connectivity index (χ1) is 8.88. The second-order valence-corrected chi connectivity index (χ2v) is 6.05. The van der Waals surface area contributed by atoms with E-state index in [9.17, 15) is 0 Å². The molecule has 1 N–H and O–H groups in total. The number of nitrogens with zero attached hydrogens (tertiary/aromatic N) is 1. The second-order valence-electron chi connectivity index (χ2n) is 5.14. The molecule has 0 radical (unpaired) electrons. The maximum atomic E-state index is 4.86. The largest absolute Gasteiger partial charge is 0.384 e. The van der Waals surface area contributed by atoms with E-state index in [1.54, 1.807) is 11.3 Å². The van der Waals surface area contributed by atoms with Gasteiger partial charge in [-0.05, 0) is 36.8 Å². The minimum Gasteiger partial charge on any atom is -0.384 e. The van der Waals surface area contributed by atoms with Gasteiger partial charge in [-0.25, -0.2) is 0 Å². The molecule has 0 bridgehead atoms. The van der Waals surface area contributed by atoms with E-state index >= 15 is 0 Å². The predicted octanol–water partition coefficient (Wildman–Crippen LogP) is 4.78. The average molecular weight is 260 g/mol. The minimum atomic E-state index is 0.691. The number of hydrogen-bond donors (Lipinski definition) is 1. The van der Waals surface area contributed by atoms with Crippen LogP contribution in [-0.4, -0.2) is 11.5 Å². The topological polar surface area (TPSA) is 24.9 Å². The summed E-state index contributed by atoms with van der Waals surface area (Å²) in [6.07, 6.45) is 6.52. The number of thiophene rings is 1. The number of hydrogen-bond acceptors (Lipinski definition) is 3. The molecule has 2 heterocycles. The Labute approximate surface area is 112 Å². The van der Waals surface area contributed by atoms with Gasteiger partial charge in [0.2, 0.25) is 0 Å². The third kappa shape index (κ3) is 2.24. The molecule has 3 rings (SSSR count). The van der Waals surface area contributed by atoms with Gasteiger partial charge in [0.25, 0.3) is 0 Å². The zero-order chi connectivity index (χ0) is 12.4. The van der Waals surface area contributed by atoms with Crippen LogP contribution in [0, 0.1) is 0 Å². The van der Waals surface area contributed by atoms with Crippen LogP contribution < -0.4 is 5.32 Å². The van der Waals surface area contributed by atoms with Gasteiger partial charge in [-0.2, -0.15) is 0 Å². The van der Waals surface area contributed by atoms with E-state index in [0.717, 1.165) is 13.0 Å². The van der Waals surface area contributed by atoms with Crippen LogP contribution in [0.5, 0.6) is 0 Å². The first kappa shape index (κ1) is 12.0. The molecule has 0 amide bonds. The molecule has 1 aliphatic carbocycles. The molecule has 96 valence electrons. The van der Waals surface area contributed by atoms with E-state index in [0.29, 0.717) is 5.92 Å². The summed E-state index contributed by atoms with van der Waals surface area (Å²) in [4.78, 5) is 4.86. The number of aromatic nitrogens is 1. The van der Waals surface area contributed by atoms with Crippen LogP contribution >= 0.6 is 11.3 Å². The molecular weight excluding hydrogens is 240 g/mol. The molecule has 18 heavy (non-hydrogen) atoms. The van der Waals surface area contributed by atoms with Crippen molar-refractivity contribution >= 4 is 27.2 Å². The molecule has 0 unspecified atom stereocenters. The van der Waals surface area contributed by atoms with Crippen molar-refractivity contribution in [3.8, 4) is 0 Å². The van der Waals surface area contributed by atoms with Crippen molar-refractivity contribution in [2.75, 3.05) is 11.9 Å². The zero-order valence-electron chi connectivity index (χ0n) is 10.9. The highest BCUT2D eigenvalue weighted by Crippen LogP contribution is 2.37. The summed E-state index contributed by atoms with van der Waals surface area (Å²) in [6.45, 7) is 3.25. The standard InChI is InChI=1S/C15H20N2S/c1-2-8-16-14-10-13(11-5-3-4-6-11)17-12-7-9-18-15(12)14/h7,9-11H,2-6,8H2,1H3,(H,16,17). The van der Waals surface area contributed by atoms with Gasteiger partial charge >= 0.3 is 0 Å². The fraction of sp³-hybridized carbons (Fsp3) is 0.533. The van der Waals surface area contributed by atoms with Crippen molar-refractivity contribution in [3.63, 3.8) is 0 Å². The average Bonchev–Trinajstić information content (AvgIpc) is 3.05. The Morgan fingerprint density at radius 1 is 1.39 bits per heavy atom. The molecule has 0 atom stereocenters. The monoisotopic (exact) mass is 260 g/mol. The molecule has 0 aromatic carbocycles. The van der Waals surface area contributed by atoms with Crippen molar-refractivity contribution < 1.29 is 0 Å². The lowest BCUT2D eigenvalue weighted by Crippen LogP contribution is -2.03. The highest BCUT2D eigenvalue weighted by molar-refractivity contribution is 7.17. The van der Waals surface area contributed by atoms with Crippen molar-refractivity contribution in [1.29, 1.82) is 0 Å². The molecule has 0 saturated heterocycles. The summed E-state index contributed by atoms with van der Waals surface area (Å²) in [6, 6.07) is 4.44. The molecule has 2 nitrogen and oxygen atoms in total. The second kappa shape index (κ2) is 5.27. The smallest absolute Gasteiger partial charge is 0.0834 e. The molecule has 1 saturated carbocycles. The van der Waals surface area contributed by atoms with Crippen LogP contribution in [0.15, 0.2) is 17.5 Å². The Morgan fingerprint density at radius 3 is 3.00 bits per heavy atom. The van der Waals surface area contributed by atoms with Gasteiger partial charge in [0, 0.05) is 18.2 Å². The van der Waals surface area contributed by atoms with Gasteiger partial charge in [0.1, 0.15) is 0 Å². The van der Waals surface area contributed by atoms with E-state index < -0.39 is 0 Å². The highest BCUT2D eigenvalue weighted by atomic mass is 32.1. The molecule has 1 fully saturated rings. The van der Waals surface area contributed by atoms with Crippen LogP contribution in [0.4, 0.5) is 5.69 Å². The van der Waals surface area contributed by atoms with E-state index in [-0.39, 0.29) is 0 Å². The molecular formula is C15H20N2S. The number of rotatable bonds is 4. The summed E-state index contributed by atoms with van der Waals surface area (Å²) in [5.41, 5.74) is 3.76. The number of nitrogens with one attached hydrogen (secondary N) is 1. The van der Waals surface area contributed by atoms with E-state index in [4.69, 9.17) is 4.98 Å². The third-order valence-electron chi connectivity index (χ3n) is 3.77. The normalized spacial score (nSPS) is 16.5. The maximum Gasteiger partial charge on any atom is 0.0834 e. The van der Waals surface area contributed by atoms with Crippen molar-refractivity contribution in [2.24, 2.45) is 0 Å². The van der Waals surface area contributed by atoms with Crippen molar-refractivity contribution in [1.82, 2.24) is 4.98 Å². The molecule has 3 heteroatoms. The quantitative estimate of drug-likeness (QED) is 0.856. The Balaban J connectivity index is 1.99.